The molecule has 2 aromatic rings. The number of nitrogens with one attached hydrogen (secondary N) is 1. The summed E-state index contributed by atoms with van der Waals surface area (Å²) < 4.78 is 68.1. The van der Waals surface area contributed by atoms with E-state index in [4.69, 9.17) is 10.2 Å². The van der Waals surface area contributed by atoms with Crippen LogP contribution in [0.3, 0.4) is 0 Å². The lowest BCUT2D eigenvalue weighted by atomic mass is 10.1. The number of halogens is 2. The van der Waals surface area contributed by atoms with Gasteiger partial charge in [0.15, 0.2) is 0 Å². The molecule has 1 N–H and O–H groups in total. The molecule has 1 aliphatic heterocycles. The minimum absolute atomic E-state index is 0.0947. The molecule has 2 heterocycles. The van der Waals surface area contributed by atoms with Gasteiger partial charge >= 0.3 is 6.61 Å². The lowest BCUT2D eigenvalue weighted by Crippen LogP contribution is -2.26. The summed E-state index contributed by atoms with van der Waals surface area (Å²) in [6, 6.07) is 5.09. The van der Waals surface area contributed by atoms with Gasteiger partial charge in [-0.25, -0.2) is 0 Å². The lowest BCUT2D eigenvalue weighted by Gasteiger charge is -2.15. The van der Waals surface area contributed by atoms with Gasteiger partial charge in [-0.05, 0) is 36.6 Å². The standard InChI is InChI=1S/C16H20F2N2O2/c1-21-12-2-3-15-14(8-12)11(9-19-15)4-6-20-7-5-13(10-20)22-16(17)18/h2-3,8-9,13,16,19H,4-7,10H2,1H3/t13-/m0/s1/i4D2,6D2. The number of nitrogens with zero attached hydrogens (tertiary/aromatic N) is 1. The summed E-state index contributed by atoms with van der Waals surface area (Å²) in [6.07, 6.45) is -1.55. The number of methoxy groups -OCH3 is 1. The minimum Gasteiger partial charge on any atom is -0.497 e. The van der Waals surface area contributed by atoms with E-state index in [1.165, 1.54) is 18.2 Å². The Morgan fingerprint density at radius 1 is 1.50 bits per heavy atom. The molecule has 1 aromatic heterocycles. The molecule has 22 heavy (non-hydrogen) atoms. The zero-order valence-electron chi connectivity index (χ0n) is 16.1. The van der Waals surface area contributed by atoms with Crippen LogP contribution in [0.4, 0.5) is 8.78 Å². The van der Waals surface area contributed by atoms with Gasteiger partial charge in [-0.2, -0.15) is 8.78 Å². The molecule has 1 atom stereocenters. The number of likely N-dealkylation sites (tertiary alicyclic amines) is 1. The number of H-pyrrole nitrogens is 1. The number of aromatic amines is 1. The van der Waals surface area contributed by atoms with E-state index in [1.807, 2.05) is 0 Å². The van der Waals surface area contributed by atoms with Crippen LogP contribution in [0.2, 0.25) is 0 Å². The van der Waals surface area contributed by atoms with Crippen molar-refractivity contribution in [2.24, 2.45) is 0 Å². The molecule has 3 rings (SSSR count). The topological polar surface area (TPSA) is 37.5 Å². The van der Waals surface area contributed by atoms with Gasteiger partial charge in [0.1, 0.15) is 5.75 Å². The van der Waals surface area contributed by atoms with Crippen LogP contribution in [-0.4, -0.2) is 49.3 Å². The van der Waals surface area contributed by atoms with E-state index in [2.05, 4.69) is 9.72 Å². The fourth-order valence-electron chi connectivity index (χ4n) is 2.56. The lowest BCUT2D eigenvalue weighted by molar-refractivity contribution is -0.158. The monoisotopic (exact) mass is 314 g/mol. The van der Waals surface area contributed by atoms with E-state index in [0.717, 1.165) is 0 Å². The summed E-state index contributed by atoms with van der Waals surface area (Å²) in [5, 5.41) is 0.512. The molecule has 0 spiro atoms. The number of benzene rings is 1. The predicted octanol–water partition coefficient (Wildman–Crippen LogP) is 3.03. The number of aromatic nitrogens is 1. The third-order valence-electron chi connectivity index (χ3n) is 3.68. The van der Waals surface area contributed by atoms with Crippen molar-refractivity contribution >= 4 is 10.9 Å². The third kappa shape index (κ3) is 3.39. The van der Waals surface area contributed by atoms with E-state index < -0.39 is 25.6 Å². The van der Waals surface area contributed by atoms with Gasteiger partial charge in [-0.1, -0.05) is 0 Å². The van der Waals surface area contributed by atoms with Gasteiger partial charge in [0.25, 0.3) is 0 Å². The molecule has 0 bridgehead atoms. The number of fused-ring (bicyclic) bond motifs is 1. The Morgan fingerprint density at radius 2 is 2.36 bits per heavy atom. The molecule has 1 saturated heterocycles. The quantitative estimate of drug-likeness (QED) is 0.890. The maximum atomic E-state index is 12.4. The van der Waals surface area contributed by atoms with Crippen LogP contribution in [-0.2, 0) is 11.1 Å². The average Bonchev–Trinajstić information content (AvgIpc) is 3.20. The van der Waals surface area contributed by atoms with Crippen molar-refractivity contribution in [2.75, 3.05) is 26.7 Å². The second kappa shape index (κ2) is 6.62. The molecule has 0 unspecified atom stereocenters. The fraction of sp³-hybridized carbons (Fsp3) is 0.500. The van der Waals surface area contributed by atoms with Gasteiger partial charge in [0, 0.05) is 42.2 Å². The first-order chi connectivity index (χ1) is 12.2. The van der Waals surface area contributed by atoms with E-state index in [0.29, 0.717) is 16.7 Å². The van der Waals surface area contributed by atoms with Crippen LogP contribution >= 0.6 is 0 Å². The fourth-order valence-corrected chi connectivity index (χ4v) is 2.56. The van der Waals surface area contributed by atoms with Crippen molar-refractivity contribution in [1.29, 1.82) is 0 Å². The Kier molecular flexibility index (Phi) is 3.30. The van der Waals surface area contributed by atoms with Crippen LogP contribution in [0.15, 0.2) is 24.4 Å². The zero-order valence-corrected chi connectivity index (χ0v) is 12.1. The number of alkyl halides is 2. The summed E-state index contributed by atoms with van der Waals surface area (Å²) in [5.74, 6) is 0.529. The highest BCUT2D eigenvalue weighted by molar-refractivity contribution is 5.84. The number of hydrogen-bond donors (Lipinski definition) is 1. The minimum atomic E-state index is -2.93. The van der Waals surface area contributed by atoms with E-state index in [1.54, 1.807) is 18.2 Å². The van der Waals surface area contributed by atoms with Crippen molar-refractivity contribution in [3.63, 3.8) is 0 Å². The normalized spacial score (nSPS) is 23.4. The van der Waals surface area contributed by atoms with Crippen molar-refractivity contribution in [2.45, 2.75) is 25.5 Å². The Morgan fingerprint density at radius 3 is 3.14 bits per heavy atom. The van der Waals surface area contributed by atoms with Gasteiger partial charge < -0.3 is 19.4 Å². The molecular formula is C16H20F2N2O2. The van der Waals surface area contributed by atoms with E-state index in [-0.39, 0.29) is 25.1 Å². The molecule has 4 nitrogen and oxygen atoms in total. The molecule has 1 aromatic carbocycles. The van der Waals surface area contributed by atoms with Crippen molar-refractivity contribution < 1.29 is 23.7 Å². The van der Waals surface area contributed by atoms with Crippen LogP contribution < -0.4 is 4.74 Å². The SMILES string of the molecule is [2H]C([2H])(c1c[nH]c2ccc(OC)cc12)C([2H])([2H])N1CC[C@H](OC(F)F)C1. The third-order valence-corrected chi connectivity index (χ3v) is 3.68. The van der Waals surface area contributed by atoms with Crippen LogP contribution in [0.1, 0.15) is 17.5 Å². The Balaban J connectivity index is 1.91. The second-order valence-electron chi connectivity index (χ2n) is 5.10. The van der Waals surface area contributed by atoms with E-state index in [9.17, 15) is 8.78 Å². The van der Waals surface area contributed by atoms with Gasteiger partial charge in [-0.3, -0.25) is 0 Å². The Bertz CT molecular complexity index is 785. The zero-order chi connectivity index (χ0) is 19.1. The molecule has 0 aliphatic carbocycles. The summed E-state index contributed by atoms with van der Waals surface area (Å²) in [6.45, 7) is -5.30. The van der Waals surface area contributed by atoms with Crippen LogP contribution in [0.5, 0.6) is 5.75 Å². The predicted molar refractivity (Wildman–Crippen MR) is 80.5 cm³/mol. The average molecular weight is 314 g/mol. The first-order valence-electron chi connectivity index (χ1n) is 9.01. The van der Waals surface area contributed by atoms with Crippen LogP contribution in [0.25, 0.3) is 10.9 Å². The smallest absolute Gasteiger partial charge is 0.345 e. The maximum Gasteiger partial charge on any atom is 0.345 e. The van der Waals surface area contributed by atoms with Crippen molar-refractivity contribution in [3.8, 4) is 5.75 Å². The first-order valence-corrected chi connectivity index (χ1v) is 7.01. The van der Waals surface area contributed by atoms with Crippen molar-refractivity contribution in [3.05, 3.63) is 30.0 Å². The largest absolute Gasteiger partial charge is 0.497 e. The van der Waals surface area contributed by atoms with Gasteiger partial charge in [-0.15, -0.1) is 0 Å². The first kappa shape index (κ1) is 11.0. The number of ether oxygens (including phenoxy) is 2. The maximum absolute atomic E-state index is 12.4. The van der Waals surface area contributed by atoms with E-state index >= 15 is 0 Å². The number of hydrogen-bond acceptors (Lipinski definition) is 3. The second-order valence-corrected chi connectivity index (χ2v) is 5.10. The van der Waals surface area contributed by atoms with Crippen molar-refractivity contribution in [1.82, 2.24) is 9.88 Å². The number of aryl methyl sites for hydroxylation is 1. The van der Waals surface area contributed by atoms with Gasteiger partial charge in [0.05, 0.1) is 13.2 Å². The molecular weight excluding hydrogens is 290 g/mol. The molecule has 0 amide bonds. The molecule has 0 radical (unpaired) electrons. The molecule has 120 valence electrons. The Labute approximate surface area is 133 Å². The highest BCUT2D eigenvalue weighted by atomic mass is 19.3. The summed E-state index contributed by atoms with van der Waals surface area (Å²) >= 11 is 0. The number of rotatable bonds is 6. The molecule has 6 heteroatoms. The molecule has 1 fully saturated rings. The summed E-state index contributed by atoms with van der Waals surface area (Å²) in [4.78, 5) is 4.16. The molecule has 1 aliphatic rings. The highest BCUT2D eigenvalue weighted by Crippen LogP contribution is 2.24. The molecule has 0 saturated carbocycles. The van der Waals surface area contributed by atoms with Gasteiger partial charge in [0.2, 0.25) is 0 Å². The Hall–Kier alpha value is -1.66. The summed E-state index contributed by atoms with van der Waals surface area (Å²) in [7, 11) is 1.49. The summed E-state index contributed by atoms with van der Waals surface area (Å²) in [5.41, 5.74) is 0.801. The highest BCUT2D eigenvalue weighted by Gasteiger charge is 2.25. The van der Waals surface area contributed by atoms with Crippen LogP contribution in [0, 0.1) is 0 Å².